The standard InChI is InChI=1S/C30H42N2O2/c1-3-5-6-7-23-10-14-26(15-11-23)30(33)34-28-18-16-25(17-19-28)29-31-20-27(21-32-29)24-12-8-22(4-2)9-13-24/h16-24,26H,3-15H2,1-2H3/t22-,23-,24-,26-. The molecular formula is C30H42N2O2. The van der Waals surface area contributed by atoms with Gasteiger partial charge in [0.05, 0.1) is 5.92 Å². The highest BCUT2D eigenvalue weighted by Gasteiger charge is 2.27. The summed E-state index contributed by atoms with van der Waals surface area (Å²) < 4.78 is 5.72. The fraction of sp³-hybridized carbons (Fsp3) is 0.633. The number of nitrogens with zero attached hydrogens (tertiary/aromatic N) is 2. The van der Waals surface area contributed by atoms with Gasteiger partial charge < -0.3 is 4.74 Å². The lowest BCUT2D eigenvalue weighted by atomic mass is 9.78. The molecule has 184 valence electrons. The Morgan fingerprint density at radius 3 is 2.12 bits per heavy atom. The number of hydrogen-bond acceptors (Lipinski definition) is 4. The summed E-state index contributed by atoms with van der Waals surface area (Å²) in [4.78, 5) is 22.0. The van der Waals surface area contributed by atoms with Crippen molar-refractivity contribution in [2.24, 2.45) is 17.8 Å². The van der Waals surface area contributed by atoms with Crippen molar-refractivity contribution < 1.29 is 9.53 Å². The van der Waals surface area contributed by atoms with Crippen LogP contribution in [0.2, 0.25) is 0 Å². The maximum absolute atomic E-state index is 12.7. The quantitative estimate of drug-likeness (QED) is 0.214. The van der Waals surface area contributed by atoms with Gasteiger partial charge in [0, 0.05) is 18.0 Å². The molecule has 0 bridgehead atoms. The van der Waals surface area contributed by atoms with Crippen LogP contribution in [0.1, 0.15) is 109 Å². The molecule has 2 aliphatic carbocycles. The number of aromatic nitrogens is 2. The van der Waals surface area contributed by atoms with E-state index in [2.05, 4.69) is 23.8 Å². The second-order valence-electron chi connectivity index (χ2n) is 10.6. The van der Waals surface area contributed by atoms with Crippen LogP contribution in [0.3, 0.4) is 0 Å². The number of rotatable bonds is 9. The Labute approximate surface area is 205 Å². The first-order chi connectivity index (χ1) is 16.7. The van der Waals surface area contributed by atoms with E-state index in [1.807, 2.05) is 36.7 Å². The minimum Gasteiger partial charge on any atom is -0.426 e. The molecule has 1 aromatic carbocycles. The third kappa shape index (κ3) is 6.67. The van der Waals surface area contributed by atoms with E-state index in [0.29, 0.717) is 11.7 Å². The molecule has 0 N–H and O–H groups in total. The molecule has 4 rings (SSSR count). The normalized spacial score (nSPS) is 25.1. The summed E-state index contributed by atoms with van der Waals surface area (Å²) in [5.41, 5.74) is 2.22. The van der Waals surface area contributed by atoms with Crippen molar-refractivity contribution in [2.45, 2.75) is 103 Å². The number of esters is 1. The highest BCUT2D eigenvalue weighted by atomic mass is 16.5. The van der Waals surface area contributed by atoms with Crippen LogP contribution >= 0.6 is 0 Å². The predicted molar refractivity (Wildman–Crippen MR) is 138 cm³/mol. The molecule has 4 nitrogen and oxygen atoms in total. The maximum Gasteiger partial charge on any atom is 0.314 e. The summed E-state index contributed by atoms with van der Waals surface area (Å²) in [6.07, 6.45) is 20.0. The number of carbonyl (C=O) groups excluding carboxylic acids is 1. The van der Waals surface area contributed by atoms with E-state index in [0.717, 1.165) is 48.9 Å². The zero-order valence-corrected chi connectivity index (χ0v) is 21.2. The Hall–Kier alpha value is -2.23. The predicted octanol–water partition coefficient (Wildman–Crippen LogP) is 8.12. The van der Waals surface area contributed by atoms with E-state index in [4.69, 9.17) is 4.74 Å². The Kier molecular flexibility index (Phi) is 9.12. The van der Waals surface area contributed by atoms with Crippen molar-refractivity contribution in [3.8, 4) is 17.1 Å². The number of hydrogen-bond donors (Lipinski definition) is 0. The van der Waals surface area contributed by atoms with Gasteiger partial charge in [-0.3, -0.25) is 4.79 Å². The lowest BCUT2D eigenvalue weighted by molar-refractivity contribution is -0.140. The Morgan fingerprint density at radius 1 is 0.853 bits per heavy atom. The van der Waals surface area contributed by atoms with Gasteiger partial charge in [0.25, 0.3) is 0 Å². The third-order valence-electron chi connectivity index (χ3n) is 8.29. The molecule has 2 saturated carbocycles. The molecule has 0 radical (unpaired) electrons. The lowest BCUT2D eigenvalue weighted by Crippen LogP contribution is -2.25. The summed E-state index contributed by atoms with van der Waals surface area (Å²) >= 11 is 0. The van der Waals surface area contributed by atoms with Crippen LogP contribution in [0.5, 0.6) is 5.75 Å². The zero-order chi connectivity index (χ0) is 23.8. The average Bonchev–Trinajstić information content (AvgIpc) is 2.90. The summed E-state index contributed by atoms with van der Waals surface area (Å²) in [6, 6.07) is 7.64. The molecule has 0 atom stereocenters. The van der Waals surface area contributed by atoms with Gasteiger partial charge in [0.1, 0.15) is 5.75 Å². The van der Waals surface area contributed by atoms with Crippen LogP contribution in [0.15, 0.2) is 36.7 Å². The molecule has 4 heteroatoms. The van der Waals surface area contributed by atoms with E-state index in [-0.39, 0.29) is 11.9 Å². The molecule has 0 saturated heterocycles. The van der Waals surface area contributed by atoms with Gasteiger partial charge >= 0.3 is 5.97 Å². The minimum absolute atomic E-state index is 0.0466. The van der Waals surface area contributed by atoms with E-state index in [9.17, 15) is 4.79 Å². The van der Waals surface area contributed by atoms with Gasteiger partial charge in [0.15, 0.2) is 5.82 Å². The van der Waals surface area contributed by atoms with Crippen LogP contribution in [-0.4, -0.2) is 15.9 Å². The zero-order valence-electron chi connectivity index (χ0n) is 21.2. The molecule has 34 heavy (non-hydrogen) atoms. The van der Waals surface area contributed by atoms with Crippen molar-refractivity contribution in [2.75, 3.05) is 0 Å². The van der Waals surface area contributed by atoms with Crippen molar-refractivity contribution in [1.29, 1.82) is 0 Å². The highest BCUT2D eigenvalue weighted by molar-refractivity contribution is 5.75. The fourth-order valence-electron chi connectivity index (χ4n) is 5.84. The van der Waals surface area contributed by atoms with E-state index in [1.54, 1.807) is 0 Å². The van der Waals surface area contributed by atoms with E-state index in [1.165, 1.54) is 63.4 Å². The number of ether oxygens (including phenoxy) is 1. The minimum atomic E-state index is -0.0712. The van der Waals surface area contributed by atoms with Crippen molar-refractivity contribution >= 4 is 5.97 Å². The van der Waals surface area contributed by atoms with Gasteiger partial charge in [-0.15, -0.1) is 0 Å². The molecule has 2 aliphatic rings. The topological polar surface area (TPSA) is 52.1 Å². The number of carbonyl (C=O) groups is 1. The first kappa shape index (κ1) is 24.9. The Morgan fingerprint density at radius 2 is 1.50 bits per heavy atom. The second-order valence-corrected chi connectivity index (χ2v) is 10.6. The van der Waals surface area contributed by atoms with Gasteiger partial charge in [-0.1, -0.05) is 46.0 Å². The van der Waals surface area contributed by atoms with Gasteiger partial charge in [0.2, 0.25) is 0 Å². The largest absolute Gasteiger partial charge is 0.426 e. The Bertz CT molecular complexity index is 877. The molecule has 1 aromatic heterocycles. The fourth-order valence-corrected chi connectivity index (χ4v) is 5.84. The third-order valence-corrected chi connectivity index (χ3v) is 8.29. The van der Waals surface area contributed by atoms with Gasteiger partial charge in [-0.25, -0.2) is 9.97 Å². The molecule has 0 spiro atoms. The highest BCUT2D eigenvalue weighted by Crippen LogP contribution is 2.37. The number of benzene rings is 1. The van der Waals surface area contributed by atoms with Crippen LogP contribution in [-0.2, 0) is 4.79 Å². The first-order valence-electron chi connectivity index (χ1n) is 13.8. The molecule has 0 unspecified atom stereocenters. The Balaban J connectivity index is 1.26. The van der Waals surface area contributed by atoms with Crippen LogP contribution in [0, 0.1) is 17.8 Å². The molecule has 0 amide bonds. The van der Waals surface area contributed by atoms with E-state index < -0.39 is 0 Å². The SMILES string of the molecule is CCCCC[C@H]1CC[C@H](C(=O)Oc2ccc(-c3ncc([C@H]4CC[C@H](CC)CC4)cn3)cc2)CC1. The summed E-state index contributed by atoms with van der Waals surface area (Å²) in [7, 11) is 0. The first-order valence-corrected chi connectivity index (χ1v) is 13.8. The van der Waals surface area contributed by atoms with Crippen LogP contribution < -0.4 is 4.74 Å². The monoisotopic (exact) mass is 462 g/mol. The van der Waals surface area contributed by atoms with Crippen molar-refractivity contribution in [3.63, 3.8) is 0 Å². The molecule has 1 heterocycles. The van der Waals surface area contributed by atoms with E-state index >= 15 is 0 Å². The van der Waals surface area contributed by atoms with Gasteiger partial charge in [-0.2, -0.15) is 0 Å². The smallest absolute Gasteiger partial charge is 0.314 e. The average molecular weight is 463 g/mol. The van der Waals surface area contributed by atoms with Crippen molar-refractivity contribution in [1.82, 2.24) is 9.97 Å². The molecular weight excluding hydrogens is 420 g/mol. The van der Waals surface area contributed by atoms with Crippen molar-refractivity contribution in [3.05, 3.63) is 42.2 Å². The molecule has 2 aromatic rings. The number of unbranched alkanes of at least 4 members (excludes halogenated alkanes) is 2. The lowest BCUT2D eigenvalue weighted by Gasteiger charge is -2.27. The van der Waals surface area contributed by atoms with Crippen LogP contribution in [0.25, 0.3) is 11.4 Å². The summed E-state index contributed by atoms with van der Waals surface area (Å²) in [5.74, 6) is 3.62. The molecule has 0 aliphatic heterocycles. The van der Waals surface area contributed by atoms with Crippen LogP contribution in [0.4, 0.5) is 0 Å². The second kappa shape index (κ2) is 12.5. The summed E-state index contributed by atoms with van der Waals surface area (Å²) in [6.45, 7) is 4.55. The van der Waals surface area contributed by atoms with Gasteiger partial charge in [-0.05, 0) is 98.9 Å². The molecule has 2 fully saturated rings. The maximum atomic E-state index is 12.7. The summed E-state index contributed by atoms with van der Waals surface area (Å²) in [5, 5.41) is 0.